The number of hydrogen-bond donors (Lipinski definition) is 2. The lowest BCUT2D eigenvalue weighted by Gasteiger charge is -2.22. The van der Waals surface area contributed by atoms with E-state index in [9.17, 15) is 9.59 Å². The molecule has 0 aliphatic heterocycles. The first-order valence-corrected chi connectivity index (χ1v) is 7.12. The summed E-state index contributed by atoms with van der Waals surface area (Å²) < 4.78 is 0. The number of carbonyl (C=O) groups excluding carboxylic acids is 1. The Morgan fingerprint density at radius 2 is 2.00 bits per heavy atom. The van der Waals surface area contributed by atoms with Crippen molar-refractivity contribution in [2.45, 2.75) is 39.0 Å². The van der Waals surface area contributed by atoms with Crippen LogP contribution in [0.4, 0.5) is 0 Å². The van der Waals surface area contributed by atoms with E-state index in [1.54, 1.807) is 18.2 Å². The van der Waals surface area contributed by atoms with Crippen molar-refractivity contribution in [3.05, 3.63) is 35.4 Å². The quantitative estimate of drug-likeness (QED) is 0.868. The first-order valence-electron chi connectivity index (χ1n) is 7.12. The fourth-order valence-corrected chi connectivity index (χ4v) is 2.78. The summed E-state index contributed by atoms with van der Waals surface area (Å²) >= 11 is 0. The zero-order chi connectivity index (χ0) is 14.6. The number of aromatic carboxylic acids is 1. The van der Waals surface area contributed by atoms with Gasteiger partial charge in [0.25, 0.3) is 0 Å². The molecule has 0 unspecified atom stereocenters. The smallest absolute Gasteiger partial charge is 0.335 e. The van der Waals surface area contributed by atoms with Gasteiger partial charge in [-0.1, -0.05) is 31.9 Å². The van der Waals surface area contributed by atoms with Crippen molar-refractivity contribution in [2.24, 2.45) is 5.41 Å². The van der Waals surface area contributed by atoms with Gasteiger partial charge in [-0.2, -0.15) is 0 Å². The summed E-state index contributed by atoms with van der Waals surface area (Å²) in [6, 6.07) is 6.85. The predicted molar refractivity (Wildman–Crippen MR) is 76.7 cm³/mol. The zero-order valence-corrected chi connectivity index (χ0v) is 11.8. The summed E-state index contributed by atoms with van der Waals surface area (Å²) in [4.78, 5) is 23.0. The van der Waals surface area contributed by atoms with Gasteiger partial charge in [0, 0.05) is 12.0 Å². The lowest BCUT2D eigenvalue weighted by molar-refractivity contribution is -0.129. The van der Waals surface area contributed by atoms with Crippen LogP contribution in [0.2, 0.25) is 0 Å². The molecule has 0 atom stereocenters. The van der Waals surface area contributed by atoms with E-state index >= 15 is 0 Å². The van der Waals surface area contributed by atoms with Crippen molar-refractivity contribution in [3.63, 3.8) is 0 Å². The van der Waals surface area contributed by atoms with Crippen molar-refractivity contribution in [1.29, 1.82) is 0 Å². The van der Waals surface area contributed by atoms with Gasteiger partial charge >= 0.3 is 5.97 Å². The van der Waals surface area contributed by atoms with Gasteiger partial charge in [-0.3, -0.25) is 4.79 Å². The van der Waals surface area contributed by atoms with Crippen LogP contribution in [0.25, 0.3) is 0 Å². The highest BCUT2D eigenvalue weighted by Crippen LogP contribution is 2.37. The molecular formula is C16H21NO3. The van der Waals surface area contributed by atoms with Crippen LogP contribution in [0.15, 0.2) is 24.3 Å². The average Bonchev–Trinajstić information content (AvgIpc) is 2.87. The second-order valence-electron chi connectivity index (χ2n) is 5.78. The molecule has 20 heavy (non-hydrogen) atoms. The van der Waals surface area contributed by atoms with E-state index in [4.69, 9.17) is 5.11 Å². The van der Waals surface area contributed by atoms with Gasteiger partial charge in [-0.15, -0.1) is 0 Å². The summed E-state index contributed by atoms with van der Waals surface area (Å²) in [6.45, 7) is 2.58. The van der Waals surface area contributed by atoms with E-state index in [0.29, 0.717) is 13.0 Å². The van der Waals surface area contributed by atoms with E-state index < -0.39 is 5.97 Å². The number of carboxylic acids is 1. The largest absolute Gasteiger partial charge is 0.478 e. The summed E-state index contributed by atoms with van der Waals surface area (Å²) in [5.74, 6) is -0.793. The highest BCUT2D eigenvalue weighted by molar-refractivity contribution is 5.87. The molecule has 0 radical (unpaired) electrons. The molecule has 0 spiro atoms. The van der Waals surface area contributed by atoms with Crippen LogP contribution in [-0.2, 0) is 11.2 Å². The molecule has 1 fully saturated rings. The molecule has 0 aromatic heterocycles. The molecule has 1 aliphatic carbocycles. The SMILES string of the molecule is CC1(C(=O)NCCc2cccc(C(=O)O)c2)CCCC1. The Bertz CT molecular complexity index is 504. The maximum atomic E-state index is 12.1. The van der Waals surface area contributed by atoms with Crippen LogP contribution in [0.1, 0.15) is 48.5 Å². The number of benzene rings is 1. The van der Waals surface area contributed by atoms with Gasteiger partial charge in [0.05, 0.1) is 5.56 Å². The van der Waals surface area contributed by atoms with Crippen LogP contribution >= 0.6 is 0 Å². The molecule has 4 heteroatoms. The predicted octanol–water partition coefficient (Wildman–Crippen LogP) is 2.62. The van der Waals surface area contributed by atoms with Crippen molar-refractivity contribution in [3.8, 4) is 0 Å². The van der Waals surface area contributed by atoms with Crippen LogP contribution in [0.5, 0.6) is 0 Å². The summed E-state index contributed by atoms with van der Waals surface area (Å²) in [6.07, 6.45) is 4.85. The second kappa shape index (κ2) is 6.07. The first-order chi connectivity index (χ1) is 9.51. The van der Waals surface area contributed by atoms with Crippen molar-refractivity contribution >= 4 is 11.9 Å². The summed E-state index contributed by atoms with van der Waals surface area (Å²) in [5, 5.41) is 11.9. The van der Waals surface area contributed by atoms with E-state index in [1.807, 2.05) is 13.0 Å². The van der Waals surface area contributed by atoms with Crippen molar-refractivity contribution in [1.82, 2.24) is 5.32 Å². The van der Waals surface area contributed by atoms with Crippen LogP contribution < -0.4 is 5.32 Å². The molecule has 2 rings (SSSR count). The maximum Gasteiger partial charge on any atom is 0.335 e. The number of rotatable bonds is 5. The zero-order valence-electron chi connectivity index (χ0n) is 11.8. The van der Waals surface area contributed by atoms with E-state index in [-0.39, 0.29) is 16.9 Å². The summed E-state index contributed by atoms with van der Waals surface area (Å²) in [7, 11) is 0. The highest BCUT2D eigenvalue weighted by Gasteiger charge is 2.35. The van der Waals surface area contributed by atoms with Crippen molar-refractivity contribution in [2.75, 3.05) is 6.54 Å². The van der Waals surface area contributed by atoms with Crippen LogP contribution in [-0.4, -0.2) is 23.5 Å². The number of nitrogens with one attached hydrogen (secondary N) is 1. The molecular weight excluding hydrogens is 254 g/mol. The third-order valence-corrected chi connectivity index (χ3v) is 4.13. The molecule has 0 bridgehead atoms. The Balaban J connectivity index is 1.85. The van der Waals surface area contributed by atoms with Gasteiger partial charge in [-0.05, 0) is 37.0 Å². The third kappa shape index (κ3) is 3.38. The molecule has 1 aromatic rings. The minimum atomic E-state index is -0.922. The van der Waals surface area contributed by atoms with Crippen molar-refractivity contribution < 1.29 is 14.7 Å². The molecule has 0 heterocycles. The molecule has 1 saturated carbocycles. The third-order valence-electron chi connectivity index (χ3n) is 4.13. The molecule has 1 amide bonds. The first kappa shape index (κ1) is 14.6. The Hall–Kier alpha value is -1.84. The Morgan fingerprint density at radius 1 is 1.30 bits per heavy atom. The van der Waals surface area contributed by atoms with E-state index in [0.717, 1.165) is 31.2 Å². The standard InChI is InChI=1S/C16H21NO3/c1-16(8-2-3-9-16)15(20)17-10-7-12-5-4-6-13(11-12)14(18)19/h4-6,11H,2-3,7-10H2,1H3,(H,17,20)(H,18,19). The minimum Gasteiger partial charge on any atom is -0.478 e. The van der Waals surface area contributed by atoms with Gasteiger partial charge in [0.1, 0.15) is 0 Å². The fourth-order valence-electron chi connectivity index (χ4n) is 2.78. The minimum absolute atomic E-state index is 0.129. The Morgan fingerprint density at radius 3 is 2.65 bits per heavy atom. The average molecular weight is 275 g/mol. The van der Waals surface area contributed by atoms with Gasteiger partial charge in [0.2, 0.25) is 5.91 Å². The number of carbonyl (C=O) groups is 2. The lowest BCUT2D eigenvalue weighted by Crippen LogP contribution is -2.38. The van der Waals surface area contributed by atoms with E-state index in [2.05, 4.69) is 5.32 Å². The molecule has 1 aliphatic rings. The van der Waals surface area contributed by atoms with Crippen LogP contribution in [0.3, 0.4) is 0 Å². The molecule has 0 saturated heterocycles. The normalized spacial score (nSPS) is 16.9. The Labute approximate surface area is 119 Å². The molecule has 4 nitrogen and oxygen atoms in total. The number of hydrogen-bond acceptors (Lipinski definition) is 2. The molecule has 108 valence electrons. The fraction of sp³-hybridized carbons (Fsp3) is 0.500. The second-order valence-corrected chi connectivity index (χ2v) is 5.78. The lowest BCUT2D eigenvalue weighted by atomic mass is 9.88. The van der Waals surface area contributed by atoms with E-state index in [1.165, 1.54) is 0 Å². The highest BCUT2D eigenvalue weighted by atomic mass is 16.4. The van der Waals surface area contributed by atoms with Crippen LogP contribution in [0, 0.1) is 5.41 Å². The maximum absolute atomic E-state index is 12.1. The monoisotopic (exact) mass is 275 g/mol. The van der Waals surface area contributed by atoms with Gasteiger partial charge in [-0.25, -0.2) is 4.79 Å². The molecule has 1 aromatic carbocycles. The number of carboxylic acid groups (broad SMARTS) is 1. The Kier molecular flexibility index (Phi) is 4.42. The molecule has 2 N–H and O–H groups in total. The number of amides is 1. The van der Waals surface area contributed by atoms with Gasteiger partial charge in [0.15, 0.2) is 0 Å². The topological polar surface area (TPSA) is 66.4 Å². The van der Waals surface area contributed by atoms with Gasteiger partial charge < -0.3 is 10.4 Å². The summed E-state index contributed by atoms with van der Waals surface area (Å²) in [5.41, 5.74) is 1.02.